The summed E-state index contributed by atoms with van der Waals surface area (Å²) in [5.41, 5.74) is 1.72. The number of urea groups is 1. The maximum absolute atomic E-state index is 12.4. The lowest BCUT2D eigenvalue weighted by Crippen LogP contribution is -2.54. The third kappa shape index (κ3) is 4.91. The highest BCUT2D eigenvalue weighted by Gasteiger charge is 2.24. The van der Waals surface area contributed by atoms with Gasteiger partial charge in [-0.25, -0.2) is 4.79 Å². The molecule has 1 atom stereocenters. The van der Waals surface area contributed by atoms with Gasteiger partial charge in [-0.2, -0.15) is 0 Å². The van der Waals surface area contributed by atoms with Gasteiger partial charge in [0.15, 0.2) is 0 Å². The van der Waals surface area contributed by atoms with Crippen LogP contribution in [0.15, 0.2) is 54.6 Å². The lowest BCUT2D eigenvalue weighted by molar-refractivity contribution is -0.117. The van der Waals surface area contributed by atoms with Crippen LogP contribution >= 0.6 is 0 Å². The van der Waals surface area contributed by atoms with Crippen molar-refractivity contribution in [1.29, 1.82) is 0 Å². The Hall–Kier alpha value is -3.22. The summed E-state index contributed by atoms with van der Waals surface area (Å²) in [7, 11) is 0. The molecule has 1 aliphatic heterocycles. The fraction of sp³-hybridized carbons (Fsp3) is 0.300. The van der Waals surface area contributed by atoms with Crippen molar-refractivity contribution in [3.63, 3.8) is 0 Å². The Balaban J connectivity index is 1.47. The third-order valence-electron chi connectivity index (χ3n) is 4.56. The maximum atomic E-state index is 12.4. The first-order valence-corrected chi connectivity index (χ1v) is 8.98. The van der Waals surface area contributed by atoms with Gasteiger partial charge < -0.3 is 25.5 Å². The number of nitrogens with one attached hydrogen (secondary N) is 2. The van der Waals surface area contributed by atoms with Crippen LogP contribution in [0.5, 0.6) is 5.75 Å². The Kier molecular flexibility index (Phi) is 5.80. The molecular weight excluding hydrogens is 344 g/mol. The number of para-hydroxylation sites is 1. The first-order valence-electron chi connectivity index (χ1n) is 8.98. The number of benzene rings is 2. The van der Waals surface area contributed by atoms with Crippen LogP contribution in [0, 0.1) is 0 Å². The summed E-state index contributed by atoms with van der Waals surface area (Å²) in [5.74, 6) is -0.180. The second-order valence-corrected chi connectivity index (χ2v) is 6.52. The first kappa shape index (κ1) is 18.6. The molecule has 3 N–H and O–H groups in total. The zero-order chi connectivity index (χ0) is 19.2. The van der Waals surface area contributed by atoms with Gasteiger partial charge in [0.05, 0.1) is 0 Å². The Bertz CT molecular complexity index is 772. The number of carbonyl (C=O) groups excluding carboxylic acids is 2. The van der Waals surface area contributed by atoms with Gasteiger partial charge in [-0.05, 0) is 43.3 Å². The zero-order valence-corrected chi connectivity index (χ0v) is 15.3. The summed E-state index contributed by atoms with van der Waals surface area (Å²) >= 11 is 0. The lowest BCUT2D eigenvalue weighted by Gasteiger charge is -2.36. The van der Waals surface area contributed by atoms with Crippen molar-refractivity contribution >= 4 is 23.3 Å². The van der Waals surface area contributed by atoms with E-state index < -0.39 is 6.04 Å². The normalized spacial score (nSPS) is 15.1. The van der Waals surface area contributed by atoms with E-state index in [4.69, 9.17) is 0 Å². The molecule has 2 aromatic rings. The van der Waals surface area contributed by atoms with Crippen molar-refractivity contribution in [1.82, 2.24) is 10.2 Å². The van der Waals surface area contributed by atoms with Gasteiger partial charge in [-0.15, -0.1) is 0 Å². The van der Waals surface area contributed by atoms with Crippen LogP contribution in [-0.4, -0.2) is 54.2 Å². The lowest BCUT2D eigenvalue weighted by atomic mass is 10.2. The number of rotatable bonds is 4. The van der Waals surface area contributed by atoms with Crippen LogP contribution in [0.4, 0.5) is 16.2 Å². The van der Waals surface area contributed by atoms with Crippen molar-refractivity contribution < 1.29 is 14.7 Å². The van der Waals surface area contributed by atoms with Gasteiger partial charge >= 0.3 is 6.03 Å². The smallest absolute Gasteiger partial charge is 0.318 e. The standard InChI is InChI=1S/C20H24N4O3/c1-15(19(26)22-16-7-9-18(25)10-8-16)21-20(27)24-13-11-23(12-14-24)17-5-3-2-4-6-17/h2-10,15,25H,11-14H2,1H3,(H,21,27)(H,22,26)/t15-/m0/s1. The van der Waals surface area contributed by atoms with Crippen LogP contribution in [-0.2, 0) is 4.79 Å². The third-order valence-corrected chi connectivity index (χ3v) is 4.56. The van der Waals surface area contributed by atoms with Crippen LogP contribution < -0.4 is 15.5 Å². The van der Waals surface area contributed by atoms with Gasteiger partial charge in [-0.1, -0.05) is 18.2 Å². The Morgan fingerprint density at radius 2 is 1.59 bits per heavy atom. The van der Waals surface area contributed by atoms with E-state index in [0.717, 1.165) is 18.8 Å². The monoisotopic (exact) mass is 368 g/mol. The van der Waals surface area contributed by atoms with E-state index >= 15 is 0 Å². The predicted octanol–water partition coefficient (Wildman–Crippen LogP) is 2.25. The van der Waals surface area contributed by atoms with Gasteiger partial charge in [0.1, 0.15) is 11.8 Å². The molecule has 1 saturated heterocycles. The zero-order valence-electron chi connectivity index (χ0n) is 15.3. The highest BCUT2D eigenvalue weighted by Crippen LogP contribution is 2.16. The molecular formula is C20H24N4O3. The summed E-state index contributed by atoms with van der Waals surface area (Å²) in [6, 6.07) is 15.4. The van der Waals surface area contributed by atoms with Gasteiger partial charge in [0.25, 0.3) is 0 Å². The number of nitrogens with zero attached hydrogens (tertiary/aromatic N) is 2. The molecule has 0 radical (unpaired) electrons. The summed E-state index contributed by atoms with van der Waals surface area (Å²) < 4.78 is 0. The molecule has 1 aliphatic rings. The van der Waals surface area contributed by atoms with Crippen molar-refractivity contribution in [3.8, 4) is 5.75 Å². The van der Waals surface area contributed by atoms with Crippen LogP contribution in [0.25, 0.3) is 0 Å². The summed E-state index contributed by atoms with van der Waals surface area (Å²) in [5, 5.41) is 14.7. The van der Waals surface area contributed by atoms with Crippen LogP contribution in [0.3, 0.4) is 0 Å². The molecule has 0 unspecified atom stereocenters. The molecule has 0 aliphatic carbocycles. The predicted molar refractivity (Wildman–Crippen MR) is 105 cm³/mol. The number of carbonyl (C=O) groups is 2. The van der Waals surface area contributed by atoms with E-state index in [-0.39, 0.29) is 17.7 Å². The molecule has 0 bridgehead atoms. The molecule has 0 aromatic heterocycles. The fourth-order valence-corrected chi connectivity index (χ4v) is 2.94. The number of anilines is 2. The van der Waals surface area contributed by atoms with E-state index in [1.807, 2.05) is 18.2 Å². The number of amides is 3. The second-order valence-electron chi connectivity index (χ2n) is 6.52. The summed E-state index contributed by atoms with van der Waals surface area (Å²) in [6.07, 6.45) is 0. The van der Waals surface area contributed by atoms with Crippen molar-refractivity contribution in [2.45, 2.75) is 13.0 Å². The molecule has 3 rings (SSSR count). The molecule has 2 aromatic carbocycles. The number of phenols is 1. The van der Waals surface area contributed by atoms with Crippen molar-refractivity contribution in [2.24, 2.45) is 0 Å². The molecule has 0 saturated carbocycles. The second kappa shape index (κ2) is 8.44. The summed E-state index contributed by atoms with van der Waals surface area (Å²) in [6.45, 7) is 4.37. The van der Waals surface area contributed by atoms with Crippen molar-refractivity contribution in [3.05, 3.63) is 54.6 Å². The van der Waals surface area contributed by atoms with Crippen LogP contribution in [0.2, 0.25) is 0 Å². The highest BCUT2D eigenvalue weighted by molar-refractivity contribution is 5.96. The molecule has 7 heteroatoms. The van der Waals surface area contributed by atoms with E-state index in [1.54, 1.807) is 24.0 Å². The molecule has 1 fully saturated rings. The average Bonchev–Trinajstić information content (AvgIpc) is 2.70. The van der Waals surface area contributed by atoms with E-state index in [2.05, 4.69) is 27.7 Å². The molecule has 3 amide bonds. The minimum atomic E-state index is -0.668. The minimum absolute atomic E-state index is 0.129. The van der Waals surface area contributed by atoms with Gasteiger partial charge in [0.2, 0.25) is 5.91 Å². The highest BCUT2D eigenvalue weighted by atomic mass is 16.3. The van der Waals surface area contributed by atoms with Gasteiger partial charge in [0, 0.05) is 37.6 Å². The number of hydrogen-bond donors (Lipinski definition) is 3. The summed E-state index contributed by atoms with van der Waals surface area (Å²) in [4.78, 5) is 28.6. The fourth-order valence-electron chi connectivity index (χ4n) is 2.94. The Morgan fingerprint density at radius 1 is 0.963 bits per heavy atom. The maximum Gasteiger partial charge on any atom is 0.318 e. The molecule has 27 heavy (non-hydrogen) atoms. The number of piperazine rings is 1. The largest absolute Gasteiger partial charge is 0.508 e. The Morgan fingerprint density at radius 3 is 2.22 bits per heavy atom. The first-order chi connectivity index (χ1) is 13.0. The van der Waals surface area contributed by atoms with E-state index in [0.29, 0.717) is 18.8 Å². The SMILES string of the molecule is C[C@H](NC(=O)N1CCN(c2ccccc2)CC1)C(=O)Nc1ccc(O)cc1. The van der Waals surface area contributed by atoms with Gasteiger partial charge in [-0.3, -0.25) is 4.79 Å². The topological polar surface area (TPSA) is 84.9 Å². The molecule has 7 nitrogen and oxygen atoms in total. The molecule has 1 heterocycles. The molecule has 0 spiro atoms. The number of phenolic OH excluding ortho intramolecular Hbond substituents is 1. The quantitative estimate of drug-likeness (QED) is 0.723. The number of aromatic hydroxyl groups is 1. The minimum Gasteiger partial charge on any atom is -0.508 e. The van der Waals surface area contributed by atoms with E-state index in [1.165, 1.54) is 12.1 Å². The number of hydrogen-bond acceptors (Lipinski definition) is 4. The van der Waals surface area contributed by atoms with Crippen molar-refractivity contribution in [2.75, 3.05) is 36.4 Å². The Labute approximate surface area is 158 Å². The van der Waals surface area contributed by atoms with Crippen LogP contribution in [0.1, 0.15) is 6.92 Å². The van der Waals surface area contributed by atoms with E-state index in [9.17, 15) is 14.7 Å². The molecule has 142 valence electrons. The average molecular weight is 368 g/mol.